The van der Waals surface area contributed by atoms with Crippen LogP contribution < -0.4 is 0 Å². The molecule has 1 nitrogen and oxygen atoms in total. The summed E-state index contributed by atoms with van der Waals surface area (Å²) in [4.78, 5) is 0. The number of rotatable bonds is 2. The molecule has 0 aromatic carbocycles. The number of nitriles is 1. The highest BCUT2D eigenvalue weighted by Crippen LogP contribution is 2.33. The second-order valence-electron chi connectivity index (χ2n) is 3.37. The number of nitrogens with zero attached hydrogens (tertiary/aromatic N) is 1. The molecular formula is C9H15N. The van der Waals surface area contributed by atoms with Gasteiger partial charge >= 0.3 is 0 Å². The van der Waals surface area contributed by atoms with Crippen LogP contribution in [0.15, 0.2) is 0 Å². The molecule has 0 saturated heterocycles. The van der Waals surface area contributed by atoms with Gasteiger partial charge in [-0.25, -0.2) is 0 Å². The van der Waals surface area contributed by atoms with Gasteiger partial charge in [-0.1, -0.05) is 26.2 Å². The summed E-state index contributed by atoms with van der Waals surface area (Å²) in [5.41, 5.74) is 0. The second-order valence-corrected chi connectivity index (χ2v) is 3.37. The Kier molecular flexibility index (Phi) is 2.74. The molecule has 1 heteroatoms. The lowest BCUT2D eigenvalue weighted by atomic mass is 9.94. The summed E-state index contributed by atoms with van der Waals surface area (Å²) in [7, 11) is 0. The predicted octanol–water partition coefficient (Wildman–Crippen LogP) is 2.73. The number of hydrogen-bond donors (Lipinski definition) is 0. The van der Waals surface area contributed by atoms with Crippen LogP contribution >= 0.6 is 0 Å². The molecule has 0 aromatic rings. The lowest BCUT2D eigenvalue weighted by Crippen LogP contribution is -2.02. The van der Waals surface area contributed by atoms with Gasteiger partial charge in [0.05, 0.1) is 6.07 Å². The Balaban J connectivity index is 2.21. The molecule has 10 heavy (non-hydrogen) atoms. The maximum atomic E-state index is 8.36. The fourth-order valence-electron chi connectivity index (χ4n) is 1.90. The van der Waals surface area contributed by atoms with E-state index >= 15 is 0 Å². The van der Waals surface area contributed by atoms with Crippen LogP contribution in [-0.4, -0.2) is 0 Å². The third-order valence-electron chi connectivity index (χ3n) is 2.67. The molecule has 1 rings (SSSR count). The first-order chi connectivity index (χ1) is 4.84. The van der Waals surface area contributed by atoms with Crippen molar-refractivity contribution in [2.45, 2.75) is 39.0 Å². The molecule has 0 N–H and O–H groups in total. The van der Waals surface area contributed by atoms with Crippen LogP contribution in [-0.2, 0) is 0 Å². The van der Waals surface area contributed by atoms with E-state index in [1.807, 2.05) is 0 Å². The van der Waals surface area contributed by atoms with Crippen molar-refractivity contribution in [3.8, 4) is 6.07 Å². The molecule has 0 spiro atoms. The van der Waals surface area contributed by atoms with Crippen LogP contribution in [0.25, 0.3) is 0 Å². The Morgan fingerprint density at radius 1 is 1.50 bits per heavy atom. The van der Waals surface area contributed by atoms with Gasteiger partial charge in [0.25, 0.3) is 0 Å². The normalized spacial score (nSPS) is 32.0. The van der Waals surface area contributed by atoms with E-state index in [9.17, 15) is 0 Å². The van der Waals surface area contributed by atoms with Crippen molar-refractivity contribution in [3.63, 3.8) is 0 Å². The zero-order valence-corrected chi connectivity index (χ0v) is 6.64. The van der Waals surface area contributed by atoms with Gasteiger partial charge < -0.3 is 0 Å². The summed E-state index contributed by atoms with van der Waals surface area (Å²) in [6.45, 7) is 2.31. The summed E-state index contributed by atoms with van der Waals surface area (Å²) in [6.07, 6.45) is 6.03. The summed E-state index contributed by atoms with van der Waals surface area (Å²) in [5, 5.41) is 8.36. The summed E-state index contributed by atoms with van der Waals surface area (Å²) < 4.78 is 0. The maximum Gasteiger partial charge on any atom is 0.0621 e. The van der Waals surface area contributed by atoms with E-state index in [-0.39, 0.29) is 0 Å². The van der Waals surface area contributed by atoms with Crippen LogP contribution in [0.4, 0.5) is 0 Å². The molecule has 0 amide bonds. The van der Waals surface area contributed by atoms with E-state index in [1.165, 1.54) is 19.3 Å². The van der Waals surface area contributed by atoms with E-state index in [4.69, 9.17) is 5.26 Å². The van der Waals surface area contributed by atoms with E-state index in [0.29, 0.717) is 0 Å². The van der Waals surface area contributed by atoms with Gasteiger partial charge in [-0.3, -0.25) is 0 Å². The van der Waals surface area contributed by atoms with Crippen LogP contribution in [0.2, 0.25) is 0 Å². The average molecular weight is 137 g/mol. The van der Waals surface area contributed by atoms with Crippen molar-refractivity contribution in [1.82, 2.24) is 0 Å². The SMILES string of the molecule is C[C@@H]1CCC[C@H]1CCC#N. The summed E-state index contributed by atoms with van der Waals surface area (Å²) in [6, 6.07) is 2.22. The van der Waals surface area contributed by atoms with Crippen molar-refractivity contribution >= 4 is 0 Å². The van der Waals surface area contributed by atoms with Crippen molar-refractivity contribution in [1.29, 1.82) is 5.26 Å². The van der Waals surface area contributed by atoms with Crippen molar-refractivity contribution in [2.24, 2.45) is 11.8 Å². The molecule has 0 bridgehead atoms. The van der Waals surface area contributed by atoms with Crippen molar-refractivity contribution in [3.05, 3.63) is 0 Å². The van der Waals surface area contributed by atoms with Crippen LogP contribution in [0.1, 0.15) is 39.0 Å². The minimum Gasteiger partial charge on any atom is -0.198 e. The van der Waals surface area contributed by atoms with Crippen LogP contribution in [0.5, 0.6) is 0 Å². The first kappa shape index (κ1) is 7.60. The molecule has 2 atom stereocenters. The van der Waals surface area contributed by atoms with Gasteiger partial charge in [-0.05, 0) is 18.3 Å². The zero-order chi connectivity index (χ0) is 7.40. The minimum absolute atomic E-state index is 0.759. The molecular weight excluding hydrogens is 122 g/mol. The van der Waals surface area contributed by atoms with E-state index in [1.54, 1.807) is 0 Å². The third kappa shape index (κ3) is 1.73. The quantitative estimate of drug-likeness (QED) is 0.574. The lowest BCUT2D eigenvalue weighted by molar-refractivity contribution is 0.396. The number of hydrogen-bond acceptors (Lipinski definition) is 1. The summed E-state index contributed by atoms with van der Waals surface area (Å²) >= 11 is 0. The predicted molar refractivity (Wildman–Crippen MR) is 41.4 cm³/mol. The zero-order valence-electron chi connectivity index (χ0n) is 6.64. The van der Waals surface area contributed by atoms with E-state index in [2.05, 4.69) is 13.0 Å². The maximum absolute atomic E-state index is 8.36. The Labute approximate surface area is 63.0 Å². The second kappa shape index (κ2) is 3.61. The van der Waals surface area contributed by atoms with Gasteiger partial charge in [0.15, 0.2) is 0 Å². The van der Waals surface area contributed by atoms with Crippen molar-refractivity contribution in [2.75, 3.05) is 0 Å². The van der Waals surface area contributed by atoms with Gasteiger partial charge in [0.2, 0.25) is 0 Å². The van der Waals surface area contributed by atoms with E-state index < -0.39 is 0 Å². The Morgan fingerprint density at radius 3 is 2.80 bits per heavy atom. The monoisotopic (exact) mass is 137 g/mol. The summed E-state index contributed by atoms with van der Waals surface area (Å²) in [5.74, 6) is 1.74. The Hall–Kier alpha value is -0.510. The van der Waals surface area contributed by atoms with Gasteiger partial charge in [-0.2, -0.15) is 5.26 Å². The molecule has 0 radical (unpaired) electrons. The lowest BCUT2D eigenvalue weighted by Gasteiger charge is -2.11. The Morgan fingerprint density at radius 2 is 2.30 bits per heavy atom. The van der Waals surface area contributed by atoms with E-state index in [0.717, 1.165) is 24.7 Å². The minimum atomic E-state index is 0.759. The molecule has 1 fully saturated rings. The fraction of sp³-hybridized carbons (Fsp3) is 0.889. The average Bonchev–Trinajstić information content (AvgIpc) is 2.31. The standard InChI is InChI=1S/C9H15N/c1-8-4-2-5-9(8)6-3-7-10/h8-9H,2-6H2,1H3/t8-,9+/m1/s1. The van der Waals surface area contributed by atoms with Gasteiger partial charge in [-0.15, -0.1) is 0 Å². The van der Waals surface area contributed by atoms with Crippen LogP contribution in [0, 0.1) is 23.2 Å². The smallest absolute Gasteiger partial charge is 0.0621 e. The topological polar surface area (TPSA) is 23.8 Å². The molecule has 0 aliphatic heterocycles. The largest absolute Gasteiger partial charge is 0.198 e. The molecule has 1 aliphatic rings. The fourth-order valence-corrected chi connectivity index (χ4v) is 1.90. The third-order valence-corrected chi connectivity index (χ3v) is 2.67. The highest BCUT2D eigenvalue weighted by atomic mass is 14.3. The molecule has 0 unspecified atom stereocenters. The van der Waals surface area contributed by atoms with Crippen LogP contribution in [0.3, 0.4) is 0 Å². The van der Waals surface area contributed by atoms with Gasteiger partial charge in [0.1, 0.15) is 0 Å². The highest BCUT2D eigenvalue weighted by Gasteiger charge is 2.22. The highest BCUT2D eigenvalue weighted by molar-refractivity contribution is 4.78. The molecule has 1 saturated carbocycles. The first-order valence-corrected chi connectivity index (χ1v) is 4.21. The molecule has 56 valence electrons. The molecule has 1 aliphatic carbocycles. The first-order valence-electron chi connectivity index (χ1n) is 4.21. The Bertz CT molecular complexity index is 134. The van der Waals surface area contributed by atoms with Gasteiger partial charge in [0, 0.05) is 6.42 Å². The van der Waals surface area contributed by atoms with Crippen molar-refractivity contribution < 1.29 is 0 Å². The molecule has 0 heterocycles. The molecule has 0 aromatic heterocycles.